The first-order valence-electron chi connectivity index (χ1n) is 6.69. The molecular weight excluding hydrogens is 296 g/mol. The second-order valence-electron chi connectivity index (χ2n) is 6.37. The van der Waals surface area contributed by atoms with Gasteiger partial charge in [0, 0.05) is 6.04 Å². The van der Waals surface area contributed by atoms with Gasteiger partial charge in [0.05, 0.1) is 15.6 Å². The molecule has 1 atom stereocenters. The summed E-state index contributed by atoms with van der Waals surface area (Å²) < 4.78 is 27.6. The molecule has 0 heterocycles. The average molecular weight is 317 g/mol. The molecule has 0 bridgehead atoms. The summed E-state index contributed by atoms with van der Waals surface area (Å²) in [5.74, 6) is 0. The van der Waals surface area contributed by atoms with Crippen LogP contribution in [0.1, 0.15) is 38.7 Å². The molecule has 1 unspecified atom stereocenters. The highest BCUT2D eigenvalue weighted by Gasteiger charge is 2.33. The van der Waals surface area contributed by atoms with Crippen LogP contribution in [-0.2, 0) is 10.0 Å². The van der Waals surface area contributed by atoms with E-state index >= 15 is 0 Å². The lowest BCUT2D eigenvalue weighted by Crippen LogP contribution is -2.33. The maximum atomic E-state index is 12.4. The molecule has 4 nitrogen and oxygen atoms in total. The molecule has 1 saturated carbocycles. The van der Waals surface area contributed by atoms with E-state index in [9.17, 15) is 8.42 Å². The number of nitrogens with two attached hydrogens (primary N) is 1. The fourth-order valence-electron chi connectivity index (χ4n) is 2.74. The molecule has 1 aliphatic rings. The molecule has 6 heteroatoms. The first-order chi connectivity index (χ1) is 9.11. The Morgan fingerprint density at radius 1 is 1.40 bits per heavy atom. The zero-order valence-corrected chi connectivity index (χ0v) is 13.6. The lowest BCUT2D eigenvalue weighted by atomic mass is 9.92. The minimum absolute atomic E-state index is 0.00721. The van der Waals surface area contributed by atoms with Crippen molar-refractivity contribution in [3.05, 3.63) is 22.7 Å². The van der Waals surface area contributed by atoms with E-state index in [2.05, 4.69) is 18.6 Å². The van der Waals surface area contributed by atoms with Crippen molar-refractivity contribution in [2.45, 2.75) is 51.0 Å². The van der Waals surface area contributed by atoms with Gasteiger partial charge in [-0.05, 0) is 49.3 Å². The number of halogens is 1. The van der Waals surface area contributed by atoms with Gasteiger partial charge in [0.1, 0.15) is 0 Å². The zero-order chi connectivity index (χ0) is 15.1. The van der Waals surface area contributed by atoms with Gasteiger partial charge in [-0.25, -0.2) is 13.1 Å². The SMILES string of the molecule is Cc1cc(S(=O)(=O)NC2CCC(C)(C)C2)cc(N)c1Cl. The number of sulfonamides is 1. The summed E-state index contributed by atoms with van der Waals surface area (Å²) in [7, 11) is -3.54. The Balaban J connectivity index is 2.23. The average Bonchev–Trinajstić information content (AvgIpc) is 2.64. The lowest BCUT2D eigenvalue weighted by molar-refractivity contribution is 0.372. The zero-order valence-electron chi connectivity index (χ0n) is 12.0. The van der Waals surface area contributed by atoms with E-state index in [4.69, 9.17) is 17.3 Å². The van der Waals surface area contributed by atoms with Crippen LogP contribution in [0.2, 0.25) is 5.02 Å². The molecule has 0 spiro atoms. The highest BCUT2D eigenvalue weighted by atomic mass is 35.5. The van der Waals surface area contributed by atoms with Crippen molar-refractivity contribution in [1.29, 1.82) is 0 Å². The van der Waals surface area contributed by atoms with Gasteiger partial charge in [0.25, 0.3) is 0 Å². The summed E-state index contributed by atoms with van der Waals surface area (Å²) in [5.41, 5.74) is 6.90. The number of nitrogen functional groups attached to an aromatic ring is 1. The van der Waals surface area contributed by atoms with Crippen LogP contribution in [0, 0.1) is 12.3 Å². The Bertz CT molecular complexity index is 603. The number of hydrogen-bond acceptors (Lipinski definition) is 3. The van der Waals surface area contributed by atoms with E-state index < -0.39 is 10.0 Å². The molecule has 0 aliphatic heterocycles. The topological polar surface area (TPSA) is 72.2 Å². The maximum absolute atomic E-state index is 12.4. The van der Waals surface area contributed by atoms with Crippen LogP contribution in [-0.4, -0.2) is 14.5 Å². The van der Waals surface area contributed by atoms with Gasteiger partial charge in [0.2, 0.25) is 10.0 Å². The third kappa shape index (κ3) is 3.27. The largest absolute Gasteiger partial charge is 0.397 e. The van der Waals surface area contributed by atoms with E-state index in [0.717, 1.165) is 19.3 Å². The van der Waals surface area contributed by atoms with Crippen molar-refractivity contribution in [2.24, 2.45) is 5.41 Å². The molecule has 0 radical (unpaired) electrons. The first kappa shape index (κ1) is 15.6. The fraction of sp³-hybridized carbons (Fsp3) is 0.571. The van der Waals surface area contributed by atoms with Crippen LogP contribution in [0.3, 0.4) is 0 Å². The monoisotopic (exact) mass is 316 g/mol. The molecule has 0 aromatic heterocycles. The molecule has 2 rings (SSSR count). The third-order valence-electron chi connectivity index (χ3n) is 3.86. The minimum Gasteiger partial charge on any atom is -0.397 e. The van der Waals surface area contributed by atoms with E-state index in [1.807, 2.05) is 0 Å². The second-order valence-corrected chi connectivity index (χ2v) is 8.46. The van der Waals surface area contributed by atoms with Gasteiger partial charge in [-0.3, -0.25) is 0 Å². The lowest BCUT2D eigenvalue weighted by Gasteiger charge is -2.18. The number of nitrogens with one attached hydrogen (secondary N) is 1. The Morgan fingerprint density at radius 3 is 2.55 bits per heavy atom. The molecule has 3 N–H and O–H groups in total. The first-order valence-corrected chi connectivity index (χ1v) is 8.55. The second kappa shape index (κ2) is 5.20. The number of aryl methyl sites for hydroxylation is 1. The smallest absolute Gasteiger partial charge is 0.240 e. The van der Waals surface area contributed by atoms with E-state index in [1.165, 1.54) is 6.07 Å². The van der Waals surface area contributed by atoms with Crippen LogP contribution >= 0.6 is 11.6 Å². The fourth-order valence-corrected chi connectivity index (χ4v) is 4.24. The Morgan fingerprint density at radius 2 is 2.05 bits per heavy atom. The van der Waals surface area contributed by atoms with Crippen molar-refractivity contribution in [3.8, 4) is 0 Å². The molecule has 1 fully saturated rings. The van der Waals surface area contributed by atoms with E-state index in [0.29, 0.717) is 16.3 Å². The van der Waals surface area contributed by atoms with Crippen molar-refractivity contribution in [2.75, 3.05) is 5.73 Å². The molecule has 0 amide bonds. The Kier molecular flexibility index (Phi) is 4.06. The van der Waals surface area contributed by atoms with E-state index in [1.54, 1.807) is 13.0 Å². The van der Waals surface area contributed by atoms with Crippen LogP contribution in [0.5, 0.6) is 0 Å². The van der Waals surface area contributed by atoms with Crippen molar-refractivity contribution in [3.63, 3.8) is 0 Å². The minimum atomic E-state index is -3.54. The number of benzene rings is 1. The highest BCUT2D eigenvalue weighted by Crippen LogP contribution is 2.37. The molecule has 0 saturated heterocycles. The van der Waals surface area contributed by atoms with Gasteiger partial charge in [-0.2, -0.15) is 0 Å². The summed E-state index contributed by atoms with van der Waals surface area (Å²) in [6.45, 7) is 6.06. The number of rotatable bonds is 3. The Hall–Kier alpha value is -0.780. The van der Waals surface area contributed by atoms with Crippen LogP contribution < -0.4 is 10.5 Å². The van der Waals surface area contributed by atoms with Crippen LogP contribution in [0.4, 0.5) is 5.69 Å². The van der Waals surface area contributed by atoms with Gasteiger partial charge in [-0.15, -0.1) is 0 Å². The van der Waals surface area contributed by atoms with Crippen molar-refractivity contribution < 1.29 is 8.42 Å². The number of hydrogen-bond donors (Lipinski definition) is 2. The normalized spacial score (nSPS) is 22.1. The van der Waals surface area contributed by atoms with Crippen LogP contribution in [0.15, 0.2) is 17.0 Å². The molecule has 20 heavy (non-hydrogen) atoms. The molecule has 1 aromatic rings. The Labute approximate surface area is 125 Å². The quantitative estimate of drug-likeness (QED) is 0.842. The predicted molar refractivity (Wildman–Crippen MR) is 82.3 cm³/mol. The molecular formula is C14H21ClN2O2S. The summed E-state index contributed by atoms with van der Waals surface area (Å²) in [4.78, 5) is 0.182. The standard InChI is InChI=1S/C14H21ClN2O2S/c1-9-6-11(7-12(16)13(9)15)20(18,19)17-10-4-5-14(2,3)8-10/h6-7,10,17H,4-5,8,16H2,1-3H3. The van der Waals surface area contributed by atoms with Gasteiger partial charge in [-0.1, -0.05) is 25.4 Å². The van der Waals surface area contributed by atoms with Gasteiger partial charge in [0.15, 0.2) is 0 Å². The third-order valence-corrected chi connectivity index (χ3v) is 5.87. The predicted octanol–water partition coefficient (Wildman–Crippen LogP) is 3.09. The summed E-state index contributed by atoms with van der Waals surface area (Å²) in [6, 6.07) is 2.96. The number of anilines is 1. The van der Waals surface area contributed by atoms with Crippen molar-refractivity contribution >= 4 is 27.3 Å². The van der Waals surface area contributed by atoms with Crippen LogP contribution in [0.25, 0.3) is 0 Å². The molecule has 1 aliphatic carbocycles. The summed E-state index contributed by atoms with van der Waals surface area (Å²) in [6.07, 6.45) is 2.75. The van der Waals surface area contributed by atoms with E-state index in [-0.39, 0.29) is 16.4 Å². The maximum Gasteiger partial charge on any atom is 0.240 e. The highest BCUT2D eigenvalue weighted by molar-refractivity contribution is 7.89. The summed E-state index contributed by atoms with van der Waals surface area (Å²) in [5, 5.41) is 0.408. The summed E-state index contributed by atoms with van der Waals surface area (Å²) >= 11 is 5.97. The molecule has 1 aromatic carbocycles. The molecule has 112 valence electrons. The van der Waals surface area contributed by atoms with Gasteiger partial charge >= 0.3 is 0 Å². The van der Waals surface area contributed by atoms with Crippen molar-refractivity contribution in [1.82, 2.24) is 4.72 Å². The van der Waals surface area contributed by atoms with Gasteiger partial charge < -0.3 is 5.73 Å².